The van der Waals surface area contributed by atoms with E-state index in [-0.39, 0.29) is 12.2 Å². The van der Waals surface area contributed by atoms with Gasteiger partial charge in [-0.3, -0.25) is 4.79 Å². The zero-order valence-corrected chi connectivity index (χ0v) is 13.1. The third-order valence-electron chi connectivity index (χ3n) is 2.35. The molecule has 0 radical (unpaired) electrons. The molecule has 2 N–H and O–H groups in total. The van der Waals surface area contributed by atoms with Crippen molar-refractivity contribution in [3.63, 3.8) is 0 Å². The number of amides is 1. The van der Waals surface area contributed by atoms with Crippen LogP contribution in [-0.2, 0) is 4.79 Å². The highest BCUT2D eigenvalue weighted by atomic mass is 127. The van der Waals surface area contributed by atoms with Crippen molar-refractivity contribution in [2.75, 3.05) is 11.9 Å². The molecule has 7 heteroatoms. The minimum absolute atomic E-state index is 0.0811. The number of carboxylic acid groups (broad SMARTS) is 1. The summed E-state index contributed by atoms with van der Waals surface area (Å²) in [6.45, 7) is -0.171. The number of thiophene rings is 1. The van der Waals surface area contributed by atoms with Crippen LogP contribution < -0.4 is 10.1 Å². The molecule has 0 fully saturated rings. The number of carbonyl (C=O) groups is 2. The fourth-order valence-corrected chi connectivity index (χ4v) is 2.54. The van der Waals surface area contributed by atoms with E-state index in [1.807, 2.05) is 12.1 Å². The van der Waals surface area contributed by atoms with Gasteiger partial charge in [0, 0.05) is 14.3 Å². The average molecular weight is 403 g/mol. The summed E-state index contributed by atoms with van der Waals surface area (Å²) < 4.78 is 6.39. The number of rotatable bonds is 5. The molecule has 0 aliphatic heterocycles. The van der Waals surface area contributed by atoms with Gasteiger partial charge in [-0.25, -0.2) is 4.79 Å². The van der Waals surface area contributed by atoms with Gasteiger partial charge in [0.25, 0.3) is 5.91 Å². The van der Waals surface area contributed by atoms with E-state index in [0.717, 1.165) is 3.57 Å². The van der Waals surface area contributed by atoms with Crippen molar-refractivity contribution >= 4 is 51.5 Å². The van der Waals surface area contributed by atoms with Gasteiger partial charge in [-0.15, -0.1) is 11.3 Å². The number of halogens is 1. The number of carboxylic acids is 1. The summed E-state index contributed by atoms with van der Waals surface area (Å²) in [4.78, 5) is 22.6. The van der Waals surface area contributed by atoms with Crippen molar-refractivity contribution in [1.29, 1.82) is 0 Å². The second-order valence-corrected chi connectivity index (χ2v) is 5.78. The number of hydrogen-bond acceptors (Lipinski definition) is 4. The van der Waals surface area contributed by atoms with E-state index in [4.69, 9.17) is 9.84 Å². The average Bonchev–Trinajstić information content (AvgIpc) is 2.86. The first-order valence-electron chi connectivity index (χ1n) is 5.54. The van der Waals surface area contributed by atoms with Crippen LogP contribution in [0.4, 0.5) is 5.69 Å². The molecule has 20 heavy (non-hydrogen) atoms. The second kappa shape index (κ2) is 6.71. The van der Waals surface area contributed by atoms with Gasteiger partial charge in [-0.1, -0.05) is 0 Å². The van der Waals surface area contributed by atoms with Crippen LogP contribution in [0.5, 0.6) is 5.75 Å². The van der Waals surface area contributed by atoms with Crippen molar-refractivity contribution in [3.8, 4) is 5.75 Å². The van der Waals surface area contributed by atoms with Crippen LogP contribution >= 0.6 is 33.9 Å². The van der Waals surface area contributed by atoms with Crippen LogP contribution in [0.3, 0.4) is 0 Å². The third kappa shape index (κ3) is 3.94. The SMILES string of the molecule is O=C(COc1ccc(I)cc1)Nc1cscc1C(=O)O. The molecular formula is C13H10INO4S. The third-order valence-corrected chi connectivity index (χ3v) is 3.81. The molecular weight excluding hydrogens is 393 g/mol. The summed E-state index contributed by atoms with van der Waals surface area (Å²) in [7, 11) is 0. The number of hydrogen-bond donors (Lipinski definition) is 2. The summed E-state index contributed by atoms with van der Waals surface area (Å²) in [5, 5.41) is 14.5. The highest BCUT2D eigenvalue weighted by Crippen LogP contribution is 2.20. The fraction of sp³-hybridized carbons (Fsp3) is 0.0769. The zero-order chi connectivity index (χ0) is 14.5. The quantitative estimate of drug-likeness (QED) is 0.753. The van der Waals surface area contributed by atoms with Gasteiger partial charge < -0.3 is 15.2 Å². The molecule has 5 nitrogen and oxygen atoms in total. The number of aromatic carboxylic acids is 1. The molecule has 1 aromatic carbocycles. The molecule has 0 spiro atoms. The Morgan fingerprint density at radius 2 is 1.95 bits per heavy atom. The van der Waals surface area contributed by atoms with E-state index in [2.05, 4.69) is 27.9 Å². The van der Waals surface area contributed by atoms with Crippen LogP contribution in [0.25, 0.3) is 0 Å². The topological polar surface area (TPSA) is 75.6 Å². The first-order valence-corrected chi connectivity index (χ1v) is 7.56. The normalized spacial score (nSPS) is 10.1. The molecule has 0 saturated carbocycles. The van der Waals surface area contributed by atoms with Gasteiger partial charge in [0.15, 0.2) is 6.61 Å². The van der Waals surface area contributed by atoms with Gasteiger partial charge in [-0.05, 0) is 46.9 Å². The van der Waals surface area contributed by atoms with E-state index in [1.165, 1.54) is 16.7 Å². The number of anilines is 1. The van der Waals surface area contributed by atoms with Crippen molar-refractivity contribution < 1.29 is 19.4 Å². The molecule has 1 aromatic heterocycles. The van der Waals surface area contributed by atoms with Crippen molar-refractivity contribution in [2.45, 2.75) is 0 Å². The van der Waals surface area contributed by atoms with Gasteiger partial charge in [-0.2, -0.15) is 0 Å². The molecule has 0 bridgehead atoms. The van der Waals surface area contributed by atoms with E-state index < -0.39 is 11.9 Å². The predicted molar refractivity (Wildman–Crippen MR) is 84.6 cm³/mol. The Hall–Kier alpha value is -1.61. The van der Waals surface area contributed by atoms with Crippen LogP contribution in [-0.4, -0.2) is 23.6 Å². The van der Waals surface area contributed by atoms with E-state index >= 15 is 0 Å². The number of benzene rings is 1. The van der Waals surface area contributed by atoms with E-state index in [9.17, 15) is 9.59 Å². The fourth-order valence-electron chi connectivity index (χ4n) is 1.43. The van der Waals surface area contributed by atoms with Crippen molar-refractivity contribution in [3.05, 3.63) is 44.2 Å². The number of carbonyl (C=O) groups excluding carboxylic acids is 1. The number of nitrogens with one attached hydrogen (secondary N) is 1. The Labute approximate surface area is 132 Å². The van der Waals surface area contributed by atoms with Crippen LogP contribution in [0.2, 0.25) is 0 Å². The van der Waals surface area contributed by atoms with Crippen LogP contribution in [0.1, 0.15) is 10.4 Å². The highest BCUT2D eigenvalue weighted by Gasteiger charge is 2.13. The first-order chi connectivity index (χ1) is 9.56. The minimum Gasteiger partial charge on any atom is -0.484 e. The lowest BCUT2D eigenvalue weighted by molar-refractivity contribution is -0.118. The van der Waals surface area contributed by atoms with Crippen LogP contribution in [0, 0.1) is 3.57 Å². The molecule has 0 unspecified atom stereocenters. The predicted octanol–water partition coefficient (Wildman–Crippen LogP) is 3.07. The molecule has 104 valence electrons. The summed E-state index contributed by atoms with van der Waals surface area (Å²) in [6.07, 6.45) is 0. The summed E-state index contributed by atoms with van der Waals surface area (Å²) in [5.41, 5.74) is 0.372. The zero-order valence-electron chi connectivity index (χ0n) is 10.1. The molecule has 1 heterocycles. The molecule has 1 amide bonds. The Kier molecular flexibility index (Phi) is 4.96. The minimum atomic E-state index is -1.07. The monoisotopic (exact) mass is 403 g/mol. The Morgan fingerprint density at radius 1 is 1.25 bits per heavy atom. The van der Waals surface area contributed by atoms with Gasteiger partial charge in [0.1, 0.15) is 5.75 Å². The molecule has 0 saturated heterocycles. The van der Waals surface area contributed by atoms with Crippen molar-refractivity contribution in [1.82, 2.24) is 0 Å². The summed E-state index contributed by atoms with van der Waals surface area (Å²) in [5.74, 6) is -0.881. The molecule has 0 atom stereocenters. The van der Waals surface area contributed by atoms with Crippen molar-refractivity contribution in [2.24, 2.45) is 0 Å². The lowest BCUT2D eigenvalue weighted by Gasteiger charge is -2.07. The standard InChI is InChI=1S/C13H10INO4S/c14-8-1-3-9(4-2-8)19-5-12(16)15-11-7-20-6-10(11)13(17)18/h1-4,6-7H,5H2,(H,15,16)(H,17,18). The molecule has 0 aliphatic rings. The van der Waals surface area contributed by atoms with Gasteiger partial charge >= 0.3 is 5.97 Å². The van der Waals surface area contributed by atoms with E-state index in [0.29, 0.717) is 11.4 Å². The Balaban J connectivity index is 1.91. The van der Waals surface area contributed by atoms with Gasteiger partial charge in [0.2, 0.25) is 0 Å². The molecule has 2 rings (SSSR count). The van der Waals surface area contributed by atoms with Crippen LogP contribution in [0.15, 0.2) is 35.0 Å². The smallest absolute Gasteiger partial charge is 0.338 e. The largest absolute Gasteiger partial charge is 0.484 e. The maximum absolute atomic E-state index is 11.7. The lowest BCUT2D eigenvalue weighted by atomic mass is 10.3. The number of ether oxygens (including phenoxy) is 1. The van der Waals surface area contributed by atoms with E-state index in [1.54, 1.807) is 17.5 Å². The molecule has 2 aromatic rings. The molecule has 0 aliphatic carbocycles. The summed E-state index contributed by atoms with van der Waals surface area (Å²) in [6, 6.07) is 7.27. The van der Waals surface area contributed by atoms with Gasteiger partial charge in [0.05, 0.1) is 11.3 Å². The highest BCUT2D eigenvalue weighted by molar-refractivity contribution is 14.1. The lowest BCUT2D eigenvalue weighted by Crippen LogP contribution is -2.21. The summed E-state index contributed by atoms with van der Waals surface area (Å²) >= 11 is 3.39. The Morgan fingerprint density at radius 3 is 2.60 bits per heavy atom. The Bertz CT molecular complexity index is 624. The second-order valence-electron chi connectivity index (χ2n) is 3.80. The maximum Gasteiger partial charge on any atom is 0.338 e. The maximum atomic E-state index is 11.7. The first kappa shape index (κ1) is 14.8.